The number of alkyl halides is 1. The van der Waals surface area contributed by atoms with E-state index in [1.54, 1.807) is 4.90 Å². The number of amides is 1. The van der Waals surface area contributed by atoms with Crippen molar-refractivity contribution in [1.82, 2.24) is 10.2 Å². The second-order valence-electron chi connectivity index (χ2n) is 6.08. The zero-order valence-corrected chi connectivity index (χ0v) is 12.3. The number of piperidine rings is 2. The number of carbonyl (C=O) groups is 1. The molecule has 2 aliphatic heterocycles. The van der Waals surface area contributed by atoms with Crippen molar-refractivity contribution in [2.75, 3.05) is 26.2 Å². The number of hydrogen-bond donors (Lipinski definition) is 2. The second kappa shape index (κ2) is 6.83. The smallest absolute Gasteiger partial charge is 0.227 e. The van der Waals surface area contributed by atoms with E-state index >= 15 is 0 Å². The highest BCUT2D eigenvalue weighted by Crippen LogP contribution is 2.22. The highest BCUT2D eigenvalue weighted by Gasteiger charge is 2.37. The fraction of sp³-hybridized carbons (Fsp3) is 0.929. The van der Waals surface area contributed by atoms with Crippen LogP contribution < -0.4 is 11.1 Å². The predicted molar refractivity (Wildman–Crippen MR) is 75.1 cm³/mol. The summed E-state index contributed by atoms with van der Waals surface area (Å²) in [5.74, 6) is -0.171. The monoisotopic (exact) mass is 287 g/mol. The number of nitrogens with one attached hydrogen (secondary N) is 1. The van der Waals surface area contributed by atoms with Crippen molar-refractivity contribution >= 4 is 5.91 Å². The number of nitrogens with zero attached hydrogens (tertiary/aromatic N) is 1. The Morgan fingerprint density at radius 1 is 1.45 bits per heavy atom. The minimum atomic E-state index is -1.10. The lowest BCUT2D eigenvalue weighted by Gasteiger charge is -2.39. The number of carbonyl (C=O) groups excluding carboxylic acids is 1. The summed E-state index contributed by atoms with van der Waals surface area (Å²) in [6, 6.07) is -0.168. The van der Waals surface area contributed by atoms with Gasteiger partial charge in [-0.15, -0.1) is 0 Å². The standard InChI is InChI=1S/C14H26FN3O2/c1-9(2)20-13-4-6-18(8-11(13)15)14(19)10-3-5-17-7-12(10)16/h9-13,17H,3-8,16H2,1-2H3/t10?,11-,12?,13+/m1/s1. The molecule has 0 bridgehead atoms. The Morgan fingerprint density at radius 3 is 2.80 bits per heavy atom. The van der Waals surface area contributed by atoms with Gasteiger partial charge in [0.25, 0.3) is 0 Å². The van der Waals surface area contributed by atoms with Gasteiger partial charge in [0, 0.05) is 19.1 Å². The van der Waals surface area contributed by atoms with Crippen LogP contribution in [0.25, 0.3) is 0 Å². The van der Waals surface area contributed by atoms with Gasteiger partial charge in [-0.05, 0) is 33.2 Å². The number of ether oxygens (including phenoxy) is 1. The molecule has 5 nitrogen and oxygen atoms in total. The molecule has 6 heteroatoms. The molecular formula is C14H26FN3O2. The van der Waals surface area contributed by atoms with Crippen molar-refractivity contribution in [3.8, 4) is 0 Å². The third kappa shape index (κ3) is 3.68. The first-order valence-corrected chi connectivity index (χ1v) is 7.53. The number of halogens is 1. The van der Waals surface area contributed by atoms with Crippen LogP contribution in [0.3, 0.4) is 0 Å². The maximum absolute atomic E-state index is 14.1. The van der Waals surface area contributed by atoms with Gasteiger partial charge in [0.15, 0.2) is 0 Å². The van der Waals surface area contributed by atoms with Gasteiger partial charge < -0.3 is 20.7 Å². The lowest BCUT2D eigenvalue weighted by atomic mass is 9.91. The molecule has 2 rings (SSSR count). The zero-order chi connectivity index (χ0) is 14.7. The number of nitrogens with two attached hydrogens (primary N) is 1. The van der Waals surface area contributed by atoms with Crippen LogP contribution in [0.15, 0.2) is 0 Å². The molecule has 1 amide bonds. The number of hydrogen-bond acceptors (Lipinski definition) is 4. The third-order valence-electron chi connectivity index (χ3n) is 4.09. The first-order chi connectivity index (χ1) is 9.49. The average Bonchev–Trinajstić information content (AvgIpc) is 2.40. The molecule has 4 atom stereocenters. The molecule has 2 saturated heterocycles. The van der Waals surface area contributed by atoms with Gasteiger partial charge in [0.05, 0.1) is 24.7 Å². The lowest BCUT2D eigenvalue weighted by Crippen LogP contribution is -2.56. The van der Waals surface area contributed by atoms with E-state index in [0.29, 0.717) is 19.5 Å². The van der Waals surface area contributed by atoms with Crippen molar-refractivity contribution in [3.05, 3.63) is 0 Å². The summed E-state index contributed by atoms with van der Waals surface area (Å²) in [6.45, 7) is 5.95. The van der Waals surface area contributed by atoms with Crippen LogP contribution in [0.1, 0.15) is 26.7 Å². The molecule has 116 valence electrons. The fourth-order valence-electron chi connectivity index (χ4n) is 3.01. The lowest BCUT2D eigenvalue weighted by molar-refractivity contribution is -0.143. The zero-order valence-electron chi connectivity index (χ0n) is 12.3. The number of rotatable bonds is 3. The summed E-state index contributed by atoms with van der Waals surface area (Å²) in [5.41, 5.74) is 5.99. The molecule has 3 N–H and O–H groups in total. The van der Waals surface area contributed by atoms with E-state index in [0.717, 1.165) is 13.0 Å². The van der Waals surface area contributed by atoms with E-state index in [-0.39, 0.29) is 36.6 Å². The number of likely N-dealkylation sites (tertiary alicyclic amines) is 1. The molecule has 2 fully saturated rings. The summed E-state index contributed by atoms with van der Waals surface area (Å²) in [5, 5.41) is 3.17. The highest BCUT2D eigenvalue weighted by molar-refractivity contribution is 5.80. The van der Waals surface area contributed by atoms with E-state index < -0.39 is 6.17 Å². The Balaban J connectivity index is 1.89. The van der Waals surface area contributed by atoms with Crippen LogP contribution in [0, 0.1) is 5.92 Å². The van der Waals surface area contributed by atoms with Crippen molar-refractivity contribution in [2.24, 2.45) is 11.7 Å². The third-order valence-corrected chi connectivity index (χ3v) is 4.09. The molecule has 20 heavy (non-hydrogen) atoms. The Labute approximate surface area is 120 Å². The van der Waals surface area contributed by atoms with Crippen molar-refractivity contribution in [3.63, 3.8) is 0 Å². The SMILES string of the molecule is CC(C)O[C@H]1CCN(C(=O)C2CCNCC2N)C[C@H]1F. The van der Waals surface area contributed by atoms with Crippen molar-refractivity contribution in [1.29, 1.82) is 0 Å². The molecular weight excluding hydrogens is 261 g/mol. The first kappa shape index (κ1) is 15.7. The van der Waals surface area contributed by atoms with Crippen LogP contribution in [0.4, 0.5) is 4.39 Å². The molecule has 2 unspecified atom stereocenters. The van der Waals surface area contributed by atoms with Crippen LogP contribution in [0.2, 0.25) is 0 Å². The molecule has 2 aliphatic rings. The summed E-state index contributed by atoms with van der Waals surface area (Å²) in [7, 11) is 0. The Morgan fingerprint density at radius 2 is 2.20 bits per heavy atom. The van der Waals surface area contributed by atoms with E-state index in [9.17, 15) is 9.18 Å². The van der Waals surface area contributed by atoms with Gasteiger partial charge in [-0.3, -0.25) is 4.79 Å². The van der Waals surface area contributed by atoms with E-state index in [2.05, 4.69) is 5.32 Å². The molecule has 0 spiro atoms. The minimum absolute atomic E-state index is 0.00430. The Kier molecular flexibility index (Phi) is 5.35. The van der Waals surface area contributed by atoms with E-state index in [1.807, 2.05) is 13.8 Å². The largest absolute Gasteiger partial charge is 0.372 e. The van der Waals surface area contributed by atoms with Gasteiger partial charge in [-0.25, -0.2) is 4.39 Å². The summed E-state index contributed by atoms with van der Waals surface area (Å²) >= 11 is 0. The molecule has 0 aromatic heterocycles. The maximum atomic E-state index is 14.1. The van der Waals surface area contributed by atoms with Crippen LogP contribution in [-0.2, 0) is 9.53 Å². The van der Waals surface area contributed by atoms with Gasteiger partial charge in [-0.1, -0.05) is 0 Å². The minimum Gasteiger partial charge on any atom is -0.372 e. The molecule has 0 aromatic rings. The van der Waals surface area contributed by atoms with Gasteiger partial charge >= 0.3 is 0 Å². The summed E-state index contributed by atoms with van der Waals surface area (Å²) in [6.07, 6.45) is -0.183. The second-order valence-corrected chi connectivity index (χ2v) is 6.08. The fourth-order valence-corrected chi connectivity index (χ4v) is 3.01. The topological polar surface area (TPSA) is 67.6 Å². The van der Waals surface area contributed by atoms with Gasteiger partial charge in [0.1, 0.15) is 6.17 Å². The summed E-state index contributed by atoms with van der Waals surface area (Å²) < 4.78 is 19.7. The molecule has 0 aromatic carbocycles. The van der Waals surface area contributed by atoms with Gasteiger partial charge in [-0.2, -0.15) is 0 Å². The van der Waals surface area contributed by atoms with E-state index in [4.69, 9.17) is 10.5 Å². The van der Waals surface area contributed by atoms with Crippen LogP contribution >= 0.6 is 0 Å². The van der Waals surface area contributed by atoms with Crippen molar-refractivity contribution < 1.29 is 13.9 Å². The molecule has 0 saturated carbocycles. The summed E-state index contributed by atoms with van der Waals surface area (Å²) in [4.78, 5) is 14.1. The van der Waals surface area contributed by atoms with Crippen LogP contribution in [0.5, 0.6) is 0 Å². The molecule has 2 heterocycles. The van der Waals surface area contributed by atoms with Crippen LogP contribution in [-0.4, -0.2) is 61.4 Å². The van der Waals surface area contributed by atoms with Gasteiger partial charge in [0.2, 0.25) is 5.91 Å². The van der Waals surface area contributed by atoms with E-state index in [1.165, 1.54) is 0 Å². The molecule has 0 aliphatic carbocycles. The highest BCUT2D eigenvalue weighted by atomic mass is 19.1. The van der Waals surface area contributed by atoms with Crippen molar-refractivity contribution in [2.45, 2.75) is 51.1 Å². The quantitative estimate of drug-likeness (QED) is 0.783. The molecule has 0 radical (unpaired) electrons. The Bertz CT molecular complexity index is 340. The Hall–Kier alpha value is -0.720. The normalized spacial score (nSPS) is 35.4. The predicted octanol–water partition coefficient (Wildman–Crippen LogP) is 0.287. The average molecular weight is 287 g/mol. The maximum Gasteiger partial charge on any atom is 0.227 e. The first-order valence-electron chi connectivity index (χ1n) is 7.53.